The van der Waals surface area contributed by atoms with Crippen LogP contribution in [0.15, 0.2) is 78.9 Å². The Balaban J connectivity index is 1.49. The van der Waals surface area contributed by atoms with Crippen LogP contribution in [0.25, 0.3) is 0 Å². The van der Waals surface area contributed by atoms with E-state index in [9.17, 15) is 31.1 Å². The van der Waals surface area contributed by atoms with Crippen LogP contribution < -0.4 is 5.32 Å². The average Bonchev–Trinajstić information content (AvgIpc) is 3.30. The van der Waals surface area contributed by atoms with Crippen LogP contribution in [0.2, 0.25) is 0 Å². The van der Waals surface area contributed by atoms with Crippen molar-refractivity contribution in [1.29, 1.82) is 0 Å². The van der Waals surface area contributed by atoms with Crippen molar-refractivity contribution in [2.45, 2.75) is 93.7 Å². The summed E-state index contributed by atoms with van der Waals surface area (Å²) in [5.74, 6) is -0.188. The first-order valence-corrected chi connectivity index (χ1v) is 15.5. The van der Waals surface area contributed by atoms with Crippen LogP contribution in [0.3, 0.4) is 0 Å². The van der Waals surface area contributed by atoms with E-state index in [-0.39, 0.29) is 23.5 Å². The molecule has 4 nitrogen and oxygen atoms in total. The number of alkyl halides is 6. The second kappa shape index (κ2) is 12.2. The fourth-order valence-corrected chi connectivity index (χ4v) is 7.85. The standard InChI is InChI=1S/C35H36F6N2O2/c36-34(37,38)27-19-25(20-28(21-27)35(39,40)41)23-45-33(31(44)30-13-7-8-18-42-30)17-15-29-14-16-32(33,26-11-5-2-6-12-26)43(29)22-24-9-3-1-4-10-24/h1-6,9-12,19-21,29-30,42H,7-8,13-18,22-23H2/t29-,30?,32+,33-/m0/s1. The molecule has 3 fully saturated rings. The van der Waals surface area contributed by atoms with Crippen LogP contribution in [0.1, 0.15) is 72.8 Å². The Hall–Kier alpha value is -3.21. The third-order valence-corrected chi connectivity index (χ3v) is 9.87. The molecule has 0 radical (unpaired) electrons. The summed E-state index contributed by atoms with van der Waals surface area (Å²) >= 11 is 0. The first kappa shape index (κ1) is 31.8. The highest BCUT2D eigenvalue weighted by Crippen LogP contribution is 2.59. The van der Waals surface area contributed by atoms with Gasteiger partial charge < -0.3 is 10.1 Å². The number of hydrogen-bond acceptors (Lipinski definition) is 4. The van der Waals surface area contributed by atoms with Crippen molar-refractivity contribution in [3.05, 3.63) is 107 Å². The third-order valence-electron chi connectivity index (χ3n) is 9.87. The van der Waals surface area contributed by atoms with Crippen molar-refractivity contribution >= 4 is 5.78 Å². The fourth-order valence-electron chi connectivity index (χ4n) is 7.85. The number of ketones is 1. The van der Waals surface area contributed by atoms with Gasteiger partial charge in [0.05, 0.1) is 29.3 Å². The maximum absolute atomic E-state index is 14.9. The molecule has 0 amide bonds. The normalized spacial score (nSPS) is 27.4. The smallest absolute Gasteiger partial charge is 0.360 e. The van der Waals surface area contributed by atoms with Crippen LogP contribution in [0.4, 0.5) is 26.3 Å². The minimum absolute atomic E-state index is 0.117. The van der Waals surface area contributed by atoms with E-state index in [0.29, 0.717) is 50.9 Å². The Morgan fingerprint density at radius 2 is 1.42 bits per heavy atom. The summed E-state index contributed by atoms with van der Waals surface area (Å²) in [6.07, 6.45) is -5.41. The Morgan fingerprint density at radius 1 is 0.800 bits per heavy atom. The molecule has 4 atom stereocenters. The van der Waals surface area contributed by atoms with Gasteiger partial charge in [-0.15, -0.1) is 0 Å². The monoisotopic (exact) mass is 630 g/mol. The summed E-state index contributed by atoms with van der Waals surface area (Å²) in [6.45, 7) is 0.576. The number of hydrogen-bond donors (Lipinski definition) is 1. The number of carbonyl (C=O) groups excluding carboxylic acids is 1. The van der Waals surface area contributed by atoms with Crippen LogP contribution in [0, 0.1) is 0 Å². The number of ether oxygens (including phenoxy) is 1. The van der Waals surface area contributed by atoms with Crippen molar-refractivity contribution in [2.75, 3.05) is 6.54 Å². The highest BCUT2D eigenvalue weighted by molar-refractivity contribution is 5.94. The van der Waals surface area contributed by atoms with Gasteiger partial charge in [-0.3, -0.25) is 9.69 Å². The van der Waals surface area contributed by atoms with Gasteiger partial charge in [0.25, 0.3) is 0 Å². The quantitative estimate of drug-likeness (QED) is 0.256. The number of nitrogens with zero attached hydrogens (tertiary/aromatic N) is 1. The van der Waals surface area contributed by atoms with Gasteiger partial charge in [0.15, 0.2) is 11.4 Å². The van der Waals surface area contributed by atoms with Crippen LogP contribution in [-0.2, 0) is 40.6 Å². The topological polar surface area (TPSA) is 41.6 Å². The molecule has 240 valence electrons. The van der Waals surface area contributed by atoms with E-state index in [4.69, 9.17) is 4.74 Å². The molecule has 10 heteroatoms. The van der Waals surface area contributed by atoms with Crippen molar-refractivity contribution in [1.82, 2.24) is 10.2 Å². The Kier molecular flexibility index (Phi) is 8.60. The molecule has 1 unspecified atom stereocenters. The molecule has 6 rings (SSSR count). The van der Waals surface area contributed by atoms with Crippen LogP contribution in [0.5, 0.6) is 0 Å². The molecule has 0 spiro atoms. The summed E-state index contributed by atoms with van der Waals surface area (Å²) < 4.78 is 89.3. The van der Waals surface area contributed by atoms with E-state index in [1.165, 1.54) is 0 Å². The van der Waals surface area contributed by atoms with Gasteiger partial charge in [0.1, 0.15) is 0 Å². The van der Waals surface area contributed by atoms with Gasteiger partial charge in [-0.05, 0) is 80.0 Å². The highest BCUT2D eigenvalue weighted by Gasteiger charge is 2.67. The first-order chi connectivity index (χ1) is 21.4. The van der Waals surface area contributed by atoms with E-state index in [1.54, 1.807) is 0 Å². The summed E-state index contributed by atoms with van der Waals surface area (Å²) in [5.41, 5.74) is -3.71. The second-order valence-electron chi connectivity index (χ2n) is 12.5. The van der Waals surface area contributed by atoms with E-state index < -0.39 is 47.3 Å². The molecule has 2 bridgehead atoms. The lowest BCUT2D eigenvalue weighted by molar-refractivity contribution is -0.197. The number of halogens is 6. The lowest BCUT2D eigenvalue weighted by Gasteiger charge is -2.57. The molecule has 0 aliphatic carbocycles. The Labute approximate surface area is 258 Å². The zero-order chi connectivity index (χ0) is 31.9. The van der Waals surface area contributed by atoms with Gasteiger partial charge >= 0.3 is 12.4 Å². The molecule has 45 heavy (non-hydrogen) atoms. The van der Waals surface area contributed by atoms with Crippen LogP contribution >= 0.6 is 0 Å². The largest absolute Gasteiger partial charge is 0.416 e. The molecule has 3 aliphatic rings. The molecule has 3 aromatic rings. The minimum atomic E-state index is -4.99. The fraction of sp³-hybridized carbons (Fsp3) is 0.457. The maximum Gasteiger partial charge on any atom is 0.416 e. The molecule has 3 aromatic carbocycles. The second-order valence-corrected chi connectivity index (χ2v) is 12.5. The molecule has 3 saturated heterocycles. The molecular formula is C35H36F6N2O2. The van der Waals surface area contributed by atoms with Gasteiger partial charge in [-0.2, -0.15) is 26.3 Å². The summed E-state index contributed by atoms with van der Waals surface area (Å²) in [6, 6.07) is 20.5. The lowest BCUT2D eigenvalue weighted by Crippen LogP contribution is -2.70. The van der Waals surface area contributed by atoms with Gasteiger partial charge in [0.2, 0.25) is 0 Å². The number of Topliss-reactive ketones (excluding diaryl/α,β-unsaturated/α-hetero) is 1. The minimum Gasteiger partial charge on any atom is -0.360 e. The zero-order valence-corrected chi connectivity index (χ0v) is 24.8. The van der Waals surface area contributed by atoms with E-state index in [1.807, 2.05) is 60.7 Å². The highest BCUT2D eigenvalue weighted by atomic mass is 19.4. The SMILES string of the molecule is O=C(C1CCCCN1)[C@@]1(OCc2cc(C(F)(F)F)cc(C(F)(F)F)c2)CC[C@@H]2CC[C@]1(c1ccccc1)N2Cc1ccccc1. The Bertz CT molecular complexity index is 1460. The van der Waals surface area contributed by atoms with Crippen LogP contribution in [-0.4, -0.2) is 34.9 Å². The number of benzene rings is 3. The first-order valence-electron chi connectivity index (χ1n) is 15.5. The predicted octanol–water partition coefficient (Wildman–Crippen LogP) is 8.04. The molecular weight excluding hydrogens is 594 g/mol. The maximum atomic E-state index is 14.9. The molecule has 3 aliphatic heterocycles. The molecule has 3 heterocycles. The molecule has 0 saturated carbocycles. The van der Waals surface area contributed by atoms with E-state index in [2.05, 4.69) is 10.2 Å². The molecule has 1 N–H and O–H groups in total. The summed E-state index contributed by atoms with van der Waals surface area (Å²) in [4.78, 5) is 17.3. The van der Waals surface area contributed by atoms with E-state index in [0.717, 1.165) is 30.4 Å². The van der Waals surface area contributed by atoms with E-state index >= 15 is 0 Å². The van der Waals surface area contributed by atoms with Crippen molar-refractivity contribution in [3.63, 3.8) is 0 Å². The number of nitrogens with one attached hydrogen (secondary N) is 1. The number of fused-ring (bicyclic) bond motifs is 2. The number of piperidine rings is 2. The van der Waals surface area contributed by atoms with Crippen molar-refractivity contribution in [3.8, 4) is 0 Å². The van der Waals surface area contributed by atoms with Crippen molar-refractivity contribution in [2.24, 2.45) is 0 Å². The summed E-state index contributed by atoms with van der Waals surface area (Å²) in [5, 5.41) is 3.34. The lowest BCUT2D eigenvalue weighted by atomic mass is 9.65. The average molecular weight is 631 g/mol. The third kappa shape index (κ3) is 5.92. The zero-order valence-electron chi connectivity index (χ0n) is 24.8. The number of rotatable bonds is 8. The molecule has 0 aromatic heterocycles. The van der Waals surface area contributed by atoms with Crippen molar-refractivity contribution < 1.29 is 35.9 Å². The number of carbonyl (C=O) groups is 1. The van der Waals surface area contributed by atoms with Gasteiger partial charge in [-0.25, -0.2) is 0 Å². The summed E-state index contributed by atoms with van der Waals surface area (Å²) in [7, 11) is 0. The van der Waals surface area contributed by atoms with Gasteiger partial charge in [0, 0.05) is 12.6 Å². The van der Waals surface area contributed by atoms with Gasteiger partial charge in [-0.1, -0.05) is 67.1 Å². The predicted molar refractivity (Wildman–Crippen MR) is 157 cm³/mol. The Morgan fingerprint density at radius 3 is 2.02 bits per heavy atom.